The maximum absolute atomic E-state index is 6.57. The van der Waals surface area contributed by atoms with Crippen LogP contribution in [0.2, 0.25) is 0 Å². The first-order valence-electron chi connectivity index (χ1n) is 15.5. The Hall–Kier alpha value is -5.28. The molecule has 3 aromatic heterocycles. The van der Waals surface area contributed by atoms with Gasteiger partial charge in [-0.15, -0.1) is 0 Å². The van der Waals surface area contributed by atoms with Crippen LogP contribution < -0.4 is 0 Å². The summed E-state index contributed by atoms with van der Waals surface area (Å²) in [6, 6.07) is 35.7. The quantitative estimate of drug-likeness (QED) is 0.208. The fraction of sp³-hybridized carbons (Fsp3) is 0.122. The van der Waals surface area contributed by atoms with Crippen molar-refractivity contribution in [3.63, 3.8) is 0 Å². The van der Waals surface area contributed by atoms with Crippen LogP contribution in [0.25, 0.3) is 87.9 Å². The minimum absolute atomic E-state index is 0.908. The maximum Gasteiger partial charge on any atom is 0.137 e. The van der Waals surface area contributed by atoms with Crippen molar-refractivity contribution in [1.29, 1.82) is 0 Å². The molecule has 0 bridgehead atoms. The number of aryl methyl sites for hydroxylation is 3. The monoisotopic (exact) mass is 567 g/mol. The minimum atomic E-state index is 0.908. The molecule has 0 N–H and O–H groups in total. The highest BCUT2D eigenvalue weighted by Crippen LogP contribution is 2.44. The third-order valence-electron chi connectivity index (χ3n) is 10.0. The molecule has 0 radical (unpaired) electrons. The van der Waals surface area contributed by atoms with Crippen molar-refractivity contribution in [3.05, 3.63) is 119 Å². The van der Waals surface area contributed by atoms with Gasteiger partial charge in [-0.1, -0.05) is 42.5 Å². The zero-order valence-electron chi connectivity index (χ0n) is 24.9. The van der Waals surface area contributed by atoms with Crippen LogP contribution in [0.15, 0.2) is 106 Å². The molecule has 0 fully saturated rings. The van der Waals surface area contributed by atoms with Crippen LogP contribution >= 0.6 is 0 Å². The fourth-order valence-electron chi connectivity index (χ4n) is 7.93. The average Bonchev–Trinajstić information content (AvgIpc) is 3.76. The van der Waals surface area contributed by atoms with Gasteiger partial charge in [-0.25, -0.2) is 0 Å². The lowest BCUT2D eigenvalue weighted by atomic mass is 9.93. The van der Waals surface area contributed by atoms with E-state index in [-0.39, 0.29) is 0 Å². The van der Waals surface area contributed by atoms with Gasteiger partial charge >= 0.3 is 0 Å². The van der Waals surface area contributed by atoms with Crippen LogP contribution in [0.1, 0.15) is 29.2 Å². The standard InChI is InChI=1S/C41H29NO2/c1-4-42-36-16-25-15-24-9-5-6-10-26(24)30(25)19-31(36)32-20-35-34-18-29(23(3)14-40(34)44-41(35)21-37(32)42)28-17-33-27-11-7-8-12-38(27)43-39(33)13-22(28)2/h5-14,16-21H,4,15H2,1-3H3. The van der Waals surface area contributed by atoms with Crippen molar-refractivity contribution in [2.75, 3.05) is 0 Å². The molecule has 3 heteroatoms. The molecule has 3 nitrogen and oxygen atoms in total. The molecule has 1 aliphatic carbocycles. The molecular weight excluding hydrogens is 538 g/mol. The molecule has 9 aromatic rings. The van der Waals surface area contributed by atoms with Gasteiger partial charge in [0.25, 0.3) is 0 Å². The number of hydrogen-bond donors (Lipinski definition) is 0. The molecule has 210 valence electrons. The Bertz CT molecular complexity index is 2690. The first kappa shape index (κ1) is 24.2. The van der Waals surface area contributed by atoms with Gasteiger partial charge in [-0.3, -0.25) is 0 Å². The topological polar surface area (TPSA) is 31.2 Å². The number of nitrogens with zero attached hydrogens (tertiary/aromatic N) is 1. The summed E-state index contributed by atoms with van der Waals surface area (Å²) in [6.45, 7) is 7.51. The van der Waals surface area contributed by atoms with Gasteiger partial charge in [0.05, 0.1) is 5.52 Å². The van der Waals surface area contributed by atoms with Crippen molar-refractivity contribution in [3.8, 4) is 22.3 Å². The highest BCUT2D eigenvalue weighted by Gasteiger charge is 2.23. The van der Waals surface area contributed by atoms with Crippen LogP contribution in [-0.2, 0) is 13.0 Å². The second kappa shape index (κ2) is 8.42. The number of benzene rings is 6. The molecule has 10 rings (SSSR count). The van der Waals surface area contributed by atoms with Crippen molar-refractivity contribution >= 4 is 65.7 Å². The van der Waals surface area contributed by atoms with E-state index in [2.05, 4.69) is 110 Å². The summed E-state index contributed by atoms with van der Waals surface area (Å²) in [7, 11) is 0. The Morgan fingerprint density at radius 3 is 1.89 bits per heavy atom. The predicted octanol–water partition coefficient (Wildman–Crippen LogP) is 11.5. The highest BCUT2D eigenvalue weighted by atomic mass is 16.3. The summed E-state index contributed by atoms with van der Waals surface area (Å²) >= 11 is 0. The highest BCUT2D eigenvalue weighted by molar-refractivity contribution is 6.18. The molecule has 0 amide bonds. The summed E-state index contributed by atoms with van der Waals surface area (Å²) in [5, 5.41) is 7.23. The number of rotatable bonds is 2. The molecule has 0 saturated heterocycles. The van der Waals surface area contributed by atoms with Crippen molar-refractivity contribution in [2.45, 2.75) is 33.7 Å². The van der Waals surface area contributed by atoms with E-state index in [0.29, 0.717) is 0 Å². The van der Waals surface area contributed by atoms with Crippen molar-refractivity contribution < 1.29 is 8.83 Å². The third kappa shape index (κ3) is 3.11. The van der Waals surface area contributed by atoms with Gasteiger partial charge in [-0.2, -0.15) is 0 Å². The summed E-state index contributed by atoms with van der Waals surface area (Å²) in [5.74, 6) is 0. The molecule has 1 aliphatic rings. The van der Waals surface area contributed by atoms with E-state index >= 15 is 0 Å². The normalized spacial score (nSPS) is 12.9. The van der Waals surface area contributed by atoms with Crippen LogP contribution in [0.4, 0.5) is 0 Å². The van der Waals surface area contributed by atoms with E-state index in [0.717, 1.165) is 56.8 Å². The van der Waals surface area contributed by atoms with E-state index in [1.165, 1.54) is 66.3 Å². The summed E-state index contributed by atoms with van der Waals surface area (Å²) in [5.41, 5.74) is 16.7. The van der Waals surface area contributed by atoms with E-state index in [9.17, 15) is 0 Å². The van der Waals surface area contributed by atoms with Gasteiger partial charge in [-0.05, 0) is 120 Å². The first-order chi connectivity index (χ1) is 21.6. The van der Waals surface area contributed by atoms with Gasteiger partial charge < -0.3 is 13.4 Å². The van der Waals surface area contributed by atoms with E-state index in [4.69, 9.17) is 8.83 Å². The number of para-hydroxylation sites is 1. The van der Waals surface area contributed by atoms with Crippen LogP contribution in [0, 0.1) is 13.8 Å². The lowest BCUT2D eigenvalue weighted by molar-refractivity contribution is 0.668. The number of aromatic nitrogens is 1. The van der Waals surface area contributed by atoms with Crippen molar-refractivity contribution in [2.24, 2.45) is 0 Å². The largest absolute Gasteiger partial charge is 0.456 e. The molecule has 0 unspecified atom stereocenters. The molecule has 0 spiro atoms. The molecule has 0 saturated carbocycles. The lowest BCUT2D eigenvalue weighted by Gasteiger charge is -2.10. The Labute approximate surface area is 253 Å². The van der Waals surface area contributed by atoms with Gasteiger partial charge in [0.15, 0.2) is 0 Å². The first-order valence-corrected chi connectivity index (χ1v) is 15.5. The average molecular weight is 568 g/mol. The maximum atomic E-state index is 6.57. The number of furan rings is 2. The third-order valence-corrected chi connectivity index (χ3v) is 10.0. The van der Waals surface area contributed by atoms with Gasteiger partial charge in [0.1, 0.15) is 22.3 Å². The van der Waals surface area contributed by atoms with E-state index in [1.54, 1.807) is 0 Å². The van der Waals surface area contributed by atoms with E-state index in [1.807, 2.05) is 12.1 Å². The molecule has 44 heavy (non-hydrogen) atoms. The molecule has 6 aromatic carbocycles. The zero-order chi connectivity index (χ0) is 29.3. The predicted molar refractivity (Wildman–Crippen MR) is 183 cm³/mol. The lowest BCUT2D eigenvalue weighted by Crippen LogP contribution is -1.93. The summed E-state index contributed by atoms with van der Waals surface area (Å²) in [6.07, 6.45) is 1.00. The van der Waals surface area contributed by atoms with Crippen molar-refractivity contribution in [1.82, 2.24) is 4.57 Å². The van der Waals surface area contributed by atoms with Gasteiger partial charge in [0.2, 0.25) is 0 Å². The second-order valence-corrected chi connectivity index (χ2v) is 12.5. The minimum Gasteiger partial charge on any atom is -0.456 e. The van der Waals surface area contributed by atoms with Crippen LogP contribution in [0.5, 0.6) is 0 Å². The number of hydrogen-bond acceptors (Lipinski definition) is 2. The Balaban J connectivity index is 1.23. The second-order valence-electron chi connectivity index (χ2n) is 12.5. The molecule has 0 atom stereocenters. The smallest absolute Gasteiger partial charge is 0.137 e. The summed E-state index contributed by atoms with van der Waals surface area (Å²) in [4.78, 5) is 0. The Morgan fingerprint density at radius 1 is 0.500 bits per heavy atom. The zero-order valence-corrected chi connectivity index (χ0v) is 24.9. The molecular formula is C41H29NO2. The Morgan fingerprint density at radius 2 is 1.09 bits per heavy atom. The summed E-state index contributed by atoms with van der Waals surface area (Å²) < 4.78 is 15.2. The van der Waals surface area contributed by atoms with E-state index < -0.39 is 0 Å². The van der Waals surface area contributed by atoms with Crippen LogP contribution in [0.3, 0.4) is 0 Å². The van der Waals surface area contributed by atoms with Gasteiger partial charge in [0, 0.05) is 50.4 Å². The Kier molecular flexibility index (Phi) is 4.63. The SMILES string of the molecule is CCn1c2cc3c(cc2c2cc4c(cc21)oc1cc(C)c(-c2cc5c(cc2C)oc2ccccc25)cc14)-c1ccccc1C3. The fourth-order valence-corrected chi connectivity index (χ4v) is 7.93. The molecule has 0 aliphatic heterocycles. The van der Waals surface area contributed by atoms with Crippen LogP contribution in [-0.4, -0.2) is 4.57 Å². The number of fused-ring (bicyclic) bond motifs is 12. The molecule has 3 heterocycles.